The molecule has 5 nitrogen and oxygen atoms in total. The molecule has 0 saturated heterocycles. The third-order valence-electron chi connectivity index (χ3n) is 1.57. The Hall–Kier alpha value is -1.52. The number of hydrogen-bond acceptors (Lipinski definition) is 3. The summed E-state index contributed by atoms with van der Waals surface area (Å²) in [6, 6.07) is 1.78. The fourth-order valence-electron chi connectivity index (χ4n) is 1.08. The highest BCUT2D eigenvalue weighted by molar-refractivity contribution is 5.83. The Balaban J connectivity index is 2.60. The van der Waals surface area contributed by atoms with E-state index in [1.54, 1.807) is 31.6 Å². The van der Waals surface area contributed by atoms with E-state index < -0.39 is 6.09 Å². The lowest BCUT2D eigenvalue weighted by Gasteiger charge is -2.08. The lowest BCUT2D eigenvalue weighted by atomic mass is 10.5. The molecule has 0 aliphatic rings. The lowest BCUT2D eigenvalue weighted by molar-refractivity contribution is 0.129. The Kier molecular flexibility index (Phi) is 3.11. The SMILES string of the molecule is Cc1cc(NC(=O)OC(C)C)n(C)n1. The van der Waals surface area contributed by atoms with Crippen LogP contribution in [0.2, 0.25) is 0 Å². The van der Waals surface area contributed by atoms with E-state index in [2.05, 4.69) is 10.4 Å². The molecule has 1 amide bonds. The first-order valence-corrected chi connectivity index (χ1v) is 4.47. The van der Waals surface area contributed by atoms with Crippen LogP contribution < -0.4 is 5.32 Å². The van der Waals surface area contributed by atoms with Crippen molar-refractivity contribution in [3.8, 4) is 0 Å². The molecule has 0 atom stereocenters. The quantitative estimate of drug-likeness (QED) is 0.784. The van der Waals surface area contributed by atoms with Gasteiger partial charge in [-0.05, 0) is 20.8 Å². The molecule has 0 aromatic carbocycles. The van der Waals surface area contributed by atoms with Gasteiger partial charge in [-0.3, -0.25) is 10.00 Å². The summed E-state index contributed by atoms with van der Waals surface area (Å²) in [5.41, 5.74) is 0.854. The molecule has 5 heteroatoms. The van der Waals surface area contributed by atoms with Crippen LogP contribution in [-0.2, 0) is 11.8 Å². The number of aromatic nitrogens is 2. The molecule has 0 aliphatic heterocycles. The molecule has 1 aromatic rings. The first-order chi connectivity index (χ1) is 6.49. The minimum Gasteiger partial charge on any atom is -0.447 e. The number of carbonyl (C=O) groups is 1. The van der Waals surface area contributed by atoms with Gasteiger partial charge in [0.05, 0.1) is 11.8 Å². The Labute approximate surface area is 83.1 Å². The van der Waals surface area contributed by atoms with Crippen molar-refractivity contribution in [2.45, 2.75) is 26.9 Å². The van der Waals surface area contributed by atoms with E-state index in [0.29, 0.717) is 5.82 Å². The van der Waals surface area contributed by atoms with Crippen LogP contribution in [0.25, 0.3) is 0 Å². The first kappa shape index (κ1) is 10.6. The molecular formula is C9H15N3O2. The summed E-state index contributed by atoms with van der Waals surface area (Å²) in [6.45, 7) is 5.46. The fraction of sp³-hybridized carbons (Fsp3) is 0.556. The second-order valence-corrected chi connectivity index (χ2v) is 3.37. The monoisotopic (exact) mass is 197 g/mol. The molecule has 1 heterocycles. The van der Waals surface area contributed by atoms with E-state index in [-0.39, 0.29) is 6.10 Å². The van der Waals surface area contributed by atoms with E-state index in [4.69, 9.17) is 4.74 Å². The van der Waals surface area contributed by atoms with Crippen molar-refractivity contribution < 1.29 is 9.53 Å². The molecule has 0 radical (unpaired) electrons. The third-order valence-corrected chi connectivity index (χ3v) is 1.57. The van der Waals surface area contributed by atoms with Gasteiger partial charge in [-0.15, -0.1) is 0 Å². The fourth-order valence-corrected chi connectivity index (χ4v) is 1.08. The van der Waals surface area contributed by atoms with Crippen LogP contribution in [0.5, 0.6) is 0 Å². The van der Waals surface area contributed by atoms with Gasteiger partial charge in [0.15, 0.2) is 0 Å². The predicted molar refractivity (Wildman–Crippen MR) is 53.2 cm³/mol. The maximum Gasteiger partial charge on any atom is 0.413 e. The smallest absolute Gasteiger partial charge is 0.413 e. The lowest BCUT2D eigenvalue weighted by Crippen LogP contribution is -2.19. The van der Waals surface area contributed by atoms with Gasteiger partial charge in [-0.1, -0.05) is 0 Å². The molecule has 0 fully saturated rings. The van der Waals surface area contributed by atoms with E-state index in [1.807, 2.05) is 6.92 Å². The normalized spacial score (nSPS) is 10.4. The minimum absolute atomic E-state index is 0.121. The molecule has 0 bridgehead atoms. The van der Waals surface area contributed by atoms with Crippen LogP contribution in [-0.4, -0.2) is 22.0 Å². The number of anilines is 1. The topological polar surface area (TPSA) is 56.1 Å². The summed E-state index contributed by atoms with van der Waals surface area (Å²) in [7, 11) is 1.76. The molecule has 14 heavy (non-hydrogen) atoms. The zero-order valence-electron chi connectivity index (χ0n) is 8.87. The van der Waals surface area contributed by atoms with Crippen LogP contribution in [0.15, 0.2) is 6.07 Å². The molecule has 0 unspecified atom stereocenters. The first-order valence-electron chi connectivity index (χ1n) is 4.47. The average molecular weight is 197 g/mol. The second-order valence-electron chi connectivity index (χ2n) is 3.37. The zero-order valence-corrected chi connectivity index (χ0v) is 8.87. The number of hydrogen-bond donors (Lipinski definition) is 1. The van der Waals surface area contributed by atoms with Gasteiger partial charge in [0.2, 0.25) is 0 Å². The van der Waals surface area contributed by atoms with Crippen LogP contribution in [0.4, 0.5) is 10.6 Å². The highest BCUT2D eigenvalue weighted by atomic mass is 16.6. The number of carbonyl (C=O) groups excluding carboxylic acids is 1. The third kappa shape index (κ3) is 2.76. The van der Waals surface area contributed by atoms with Crippen LogP contribution in [0.1, 0.15) is 19.5 Å². The maximum atomic E-state index is 11.2. The average Bonchev–Trinajstić information content (AvgIpc) is 2.28. The summed E-state index contributed by atoms with van der Waals surface area (Å²) < 4.78 is 6.52. The van der Waals surface area contributed by atoms with E-state index in [0.717, 1.165) is 5.69 Å². The van der Waals surface area contributed by atoms with Gasteiger partial charge in [0.1, 0.15) is 5.82 Å². The number of nitrogens with one attached hydrogen (secondary N) is 1. The molecule has 78 valence electrons. The van der Waals surface area contributed by atoms with Gasteiger partial charge in [0.25, 0.3) is 0 Å². The van der Waals surface area contributed by atoms with Gasteiger partial charge in [-0.2, -0.15) is 5.10 Å². The van der Waals surface area contributed by atoms with E-state index >= 15 is 0 Å². The molecule has 0 saturated carbocycles. The summed E-state index contributed by atoms with van der Waals surface area (Å²) in [4.78, 5) is 11.2. The van der Waals surface area contributed by atoms with Gasteiger partial charge in [-0.25, -0.2) is 4.79 Å². The Morgan fingerprint density at radius 2 is 2.29 bits per heavy atom. The molecule has 0 aliphatic carbocycles. The van der Waals surface area contributed by atoms with Crippen molar-refractivity contribution in [1.82, 2.24) is 9.78 Å². The van der Waals surface area contributed by atoms with Crippen molar-refractivity contribution in [2.75, 3.05) is 5.32 Å². The number of aryl methyl sites for hydroxylation is 2. The number of rotatable bonds is 2. The highest BCUT2D eigenvalue weighted by Gasteiger charge is 2.08. The largest absolute Gasteiger partial charge is 0.447 e. The van der Waals surface area contributed by atoms with Crippen LogP contribution >= 0.6 is 0 Å². The summed E-state index contributed by atoms with van der Waals surface area (Å²) >= 11 is 0. The Morgan fingerprint density at radius 1 is 1.64 bits per heavy atom. The van der Waals surface area contributed by atoms with E-state index in [9.17, 15) is 4.79 Å². The number of amides is 1. The Bertz CT molecular complexity index is 331. The predicted octanol–water partition coefficient (Wildman–Crippen LogP) is 1.69. The van der Waals surface area contributed by atoms with Gasteiger partial charge >= 0.3 is 6.09 Å². The summed E-state index contributed by atoms with van der Waals surface area (Å²) in [5, 5.41) is 6.69. The molecule has 1 N–H and O–H groups in total. The van der Waals surface area contributed by atoms with Crippen LogP contribution in [0, 0.1) is 6.92 Å². The molecule has 1 rings (SSSR count). The van der Waals surface area contributed by atoms with Crippen molar-refractivity contribution in [3.63, 3.8) is 0 Å². The number of ether oxygens (including phenoxy) is 1. The maximum absolute atomic E-state index is 11.2. The number of nitrogens with zero attached hydrogens (tertiary/aromatic N) is 2. The van der Waals surface area contributed by atoms with Crippen molar-refractivity contribution in [2.24, 2.45) is 7.05 Å². The minimum atomic E-state index is -0.456. The highest BCUT2D eigenvalue weighted by Crippen LogP contribution is 2.08. The summed E-state index contributed by atoms with van der Waals surface area (Å²) in [6.07, 6.45) is -0.577. The Morgan fingerprint density at radius 3 is 2.71 bits per heavy atom. The summed E-state index contributed by atoms with van der Waals surface area (Å²) in [5.74, 6) is 0.633. The second kappa shape index (κ2) is 4.13. The van der Waals surface area contributed by atoms with E-state index in [1.165, 1.54) is 0 Å². The molecule has 0 spiro atoms. The van der Waals surface area contributed by atoms with Gasteiger partial charge in [0, 0.05) is 13.1 Å². The molecular weight excluding hydrogens is 182 g/mol. The van der Waals surface area contributed by atoms with Crippen molar-refractivity contribution in [1.29, 1.82) is 0 Å². The van der Waals surface area contributed by atoms with Crippen LogP contribution in [0.3, 0.4) is 0 Å². The molecule has 1 aromatic heterocycles. The van der Waals surface area contributed by atoms with Crippen molar-refractivity contribution >= 4 is 11.9 Å². The standard InChI is InChI=1S/C9H15N3O2/c1-6(2)14-9(13)10-8-5-7(3)11-12(8)4/h5-6H,1-4H3,(H,10,13). The van der Waals surface area contributed by atoms with Gasteiger partial charge < -0.3 is 4.74 Å². The van der Waals surface area contributed by atoms with Crippen molar-refractivity contribution in [3.05, 3.63) is 11.8 Å². The zero-order chi connectivity index (χ0) is 10.7.